The van der Waals surface area contributed by atoms with Crippen molar-refractivity contribution < 1.29 is 9.59 Å². The molecule has 0 aliphatic heterocycles. The molecule has 0 radical (unpaired) electrons. The highest BCUT2D eigenvalue weighted by Gasteiger charge is 2.19. The van der Waals surface area contributed by atoms with Crippen molar-refractivity contribution in [3.63, 3.8) is 0 Å². The molecule has 0 aromatic carbocycles. The maximum atomic E-state index is 11.7. The van der Waals surface area contributed by atoms with Gasteiger partial charge in [0.2, 0.25) is 11.0 Å². The topological polar surface area (TPSA) is 98.2 Å². The number of hydrogen-bond donors (Lipinski definition) is 3. The van der Waals surface area contributed by atoms with Crippen molar-refractivity contribution in [3.8, 4) is 0 Å². The highest BCUT2D eigenvalue weighted by atomic mass is 33.1. The van der Waals surface area contributed by atoms with Gasteiger partial charge in [0, 0.05) is 37.3 Å². The van der Waals surface area contributed by atoms with E-state index in [0.29, 0.717) is 24.6 Å². The summed E-state index contributed by atoms with van der Waals surface area (Å²) in [7, 11) is 3.15. The molecule has 0 fully saturated rings. The quantitative estimate of drug-likeness (QED) is 0.408. The maximum Gasteiger partial charge on any atom is 0.217 e. The van der Waals surface area contributed by atoms with E-state index in [2.05, 4.69) is 5.32 Å². The molecule has 5 N–H and O–H groups in total. The van der Waals surface area contributed by atoms with Crippen LogP contribution in [0.1, 0.15) is 6.92 Å². The minimum Gasteiger partial charge on any atom is -0.345 e. The standard InChI is InChI=1S/C9H19N3O2S3/c1-7(13)12-8(6-17-16-5-3-11)9(14)15-4-2-10/h8H,2-6,10-11H2,1H3,(H,12,13)/t8-/m0/s1. The number of nitrogens with one attached hydrogen (secondary N) is 1. The number of rotatable bonds is 9. The predicted octanol–water partition coefficient (Wildman–Crippen LogP) is 0.0497. The third kappa shape index (κ3) is 9.78. The number of hydrogen-bond acceptors (Lipinski definition) is 7. The molecule has 17 heavy (non-hydrogen) atoms. The van der Waals surface area contributed by atoms with E-state index in [1.54, 1.807) is 21.6 Å². The van der Waals surface area contributed by atoms with E-state index in [-0.39, 0.29) is 11.0 Å². The van der Waals surface area contributed by atoms with Gasteiger partial charge in [-0.05, 0) is 0 Å². The van der Waals surface area contributed by atoms with Gasteiger partial charge in [0.05, 0.1) is 0 Å². The second kappa shape index (κ2) is 11.2. The van der Waals surface area contributed by atoms with E-state index >= 15 is 0 Å². The third-order valence-corrected chi connectivity index (χ3v) is 5.00. The van der Waals surface area contributed by atoms with Crippen molar-refractivity contribution >= 4 is 44.4 Å². The highest BCUT2D eigenvalue weighted by molar-refractivity contribution is 8.76. The zero-order chi connectivity index (χ0) is 13.1. The Bertz CT molecular complexity index is 242. The van der Waals surface area contributed by atoms with Gasteiger partial charge in [-0.2, -0.15) is 0 Å². The molecule has 0 bridgehead atoms. The van der Waals surface area contributed by atoms with Crippen LogP contribution < -0.4 is 16.8 Å². The first-order valence-corrected chi connectivity index (χ1v) is 8.67. The average molecular weight is 297 g/mol. The molecule has 0 saturated carbocycles. The zero-order valence-electron chi connectivity index (χ0n) is 9.81. The third-order valence-electron chi connectivity index (χ3n) is 1.54. The van der Waals surface area contributed by atoms with Gasteiger partial charge in [-0.25, -0.2) is 0 Å². The zero-order valence-corrected chi connectivity index (χ0v) is 12.3. The molecule has 0 heterocycles. The molecule has 0 rings (SSSR count). The first-order chi connectivity index (χ1) is 8.11. The molecule has 1 amide bonds. The number of amides is 1. The summed E-state index contributed by atoms with van der Waals surface area (Å²) in [5.74, 6) is 1.78. The molecule has 5 nitrogen and oxygen atoms in total. The lowest BCUT2D eigenvalue weighted by atomic mass is 10.4. The van der Waals surface area contributed by atoms with Crippen LogP contribution in [0.3, 0.4) is 0 Å². The van der Waals surface area contributed by atoms with Gasteiger partial charge in [-0.15, -0.1) is 0 Å². The number of carbonyl (C=O) groups excluding carboxylic acids is 2. The molecule has 0 aromatic rings. The molecular formula is C9H19N3O2S3. The number of carbonyl (C=O) groups is 2. The van der Waals surface area contributed by atoms with Crippen LogP contribution in [0.5, 0.6) is 0 Å². The summed E-state index contributed by atoms with van der Waals surface area (Å²) in [6.45, 7) is 2.47. The molecule has 0 spiro atoms. The molecule has 0 saturated heterocycles. The SMILES string of the molecule is CC(=O)N[C@@H](CSSCCN)C(=O)SCCN. The molecule has 1 atom stereocenters. The monoisotopic (exact) mass is 297 g/mol. The largest absolute Gasteiger partial charge is 0.345 e. The lowest BCUT2D eigenvalue weighted by Gasteiger charge is -2.15. The summed E-state index contributed by atoms with van der Waals surface area (Å²) < 4.78 is 0. The predicted molar refractivity (Wildman–Crippen MR) is 78.1 cm³/mol. The second-order valence-electron chi connectivity index (χ2n) is 3.10. The van der Waals surface area contributed by atoms with Crippen LogP contribution in [0.25, 0.3) is 0 Å². The summed E-state index contributed by atoms with van der Waals surface area (Å²) in [5.41, 5.74) is 10.7. The van der Waals surface area contributed by atoms with Gasteiger partial charge in [0.25, 0.3) is 0 Å². The molecular weight excluding hydrogens is 278 g/mol. The smallest absolute Gasteiger partial charge is 0.217 e. The second-order valence-corrected chi connectivity index (χ2v) is 6.83. The van der Waals surface area contributed by atoms with Gasteiger partial charge >= 0.3 is 0 Å². The summed E-state index contributed by atoms with van der Waals surface area (Å²) in [6.07, 6.45) is 0. The van der Waals surface area contributed by atoms with Gasteiger partial charge in [0.15, 0.2) is 0 Å². The van der Waals surface area contributed by atoms with E-state index in [1.807, 2.05) is 0 Å². The maximum absolute atomic E-state index is 11.7. The lowest BCUT2D eigenvalue weighted by Crippen LogP contribution is -2.40. The Kier molecular flexibility index (Phi) is 11.3. The molecule has 100 valence electrons. The number of nitrogens with two attached hydrogens (primary N) is 2. The Morgan fingerprint density at radius 2 is 1.82 bits per heavy atom. The van der Waals surface area contributed by atoms with Gasteiger partial charge in [-0.3, -0.25) is 9.59 Å². The Labute approximate surface area is 114 Å². The van der Waals surface area contributed by atoms with Crippen LogP contribution in [0.2, 0.25) is 0 Å². The molecule has 0 aliphatic carbocycles. The summed E-state index contributed by atoms with van der Waals surface area (Å²) in [4.78, 5) is 22.7. The minimum absolute atomic E-state index is 0.0356. The van der Waals surface area contributed by atoms with Crippen molar-refractivity contribution in [2.75, 3.05) is 30.3 Å². The molecule has 8 heteroatoms. The van der Waals surface area contributed by atoms with Gasteiger partial charge in [-0.1, -0.05) is 33.3 Å². The van der Waals surface area contributed by atoms with Crippen LogP contribution in [-0.2, 0) is 9.59 Å². The van der Waals surface area contributed by atoms with Crippen LogP contribution in [-0.4, -0.2) is 47.4 Å². The summed E-state index contributed by atoms with van der Waals surface area (Å²) in [6, 6.07) is -0.445. The fourth-order valence-corrected chi connectivity index (χ4v) is 3.69. The molecule has 0 aromatic heterocycles. The van der Waals surface area contributed by atoms with Crippen LogP contribution in [0.4, 0.5) is 0 Å². The Hall–Kier alpha value is 0.110. The normalized spacial score (nSPS) is 12.2. The number of thioether (sulfide) groups is 1. The fourth-order valence-electron chi connectivity index (χ4n) is 0.897. The minimum atomic E-state index is -0.445. The van der Waals surface area contributed by atoms with Crippen molar-refractivity contribution in [3.05, 3.63) is 0 Å². The van der Waals surface area contributed by atoms with E-state index in [1.165, 1.54) is 6.92 Å². The van der Waals surface area contributed by atoms with Gasteiger partial charge in [0.1, 0.15) is 6.04 Å². The Morgan fingerprint density at radius 3 is 2.35 bits per heavy atom. The van der Waals surface area contributed by atoms with Crippen LogP contribution in [0.15, 0.2) is 0 Å². The highest BCUT2D eigenvalue weighted by Crippen LogP contribution is 2.22. The lowest BCUT2D eigenvalue weighted by molar-refractivity contribution is -0.122. The van der Waals surface area contributed by atoms with Gasteiger partial charge < -0.3 is 16.8 Å². The fraction of sp³-hybridized carbons (Fsp3) is 0.778. The van der Waals surface area contributed by atoms with E-state index in [0.717, 1.165) is 17.5 Å². The van der Waals surface area contributed by atoms with Crippen LogP contribution >= 0.6 is 33.3 Å². The summed E-state index contributed by atoms with van der Waals surface area (Å²) >= 11 is 1.16. The van der Waals surface area contributed by atoms with Crippen molar-refractivity contribution in [2.24, 2.45) is 11.5 Å². The van der Waals surface area contributed by atoms with E-state index < -0.39 is 6.04 Å². The Morgan fingerprint density at radius 1 is 1.18 bits per heavy atom. The first kappa shape index (κ1) is 17.1. The first-order valence-electron chi connectivity index (χ1n) is 5.20. The molecule has 0 aliphatic rings. The summed E-state index contributed by atoms with van der Waals surface area (Å²) in [5, 5.41) is 2.61. The van der Waals surface area contributed by atoms with Crippen molar-refractivity contribution in [1.82, 2.24) is 5.32 Å². The van der Waals surface area contributed by atoms with Crippen molar-refractivity contribution in [2.45, 2.75) is 13.0 Å². The van der Waals surface area contributed by atoms with Crippen molar-refractivity contribution in [1.29, 1.82) is 0 Å². The van der Waals surface area contributed by atoms with Crippen LogP contribution in [0, 0.1) is 0 Å². The average Bonchev–Trinajstić information content (AvgIpc) is 2.29. The van der Waals surface area contributed by atoms with E-state index in [9.17, 15) is 9.59 Å². The Balaban J connectivity index is 4.03. The molecule has 0 unspecified atom stereocenters. The van der Waals surface area contributed by atoms with E-state index in [4.69, 9.17) is 11.5 Å².